The van der Waals surface area contributed by atoms with Gasteiger partial charge in [-0.2, -0.15) is 0 Å². The molecule has 0 bridgehead atoms. The maximum Gasteiger partial charge on any atom is 0.192 e. The maximum absolute atomic E-state index is 11.9. The molecule has 2 aliphatic rings. The molecule has 1 aromatic rings. The molecule has 150 valence electrons. The Bertz CT molecular complexity index is 691. The number of fused-ring (bicyclic) bond motifs is 3. The van der Waals surface area contributed by atoms with Crippen LogP contribution in [0.15, 0.2) is 18.2 Å². The third kappa shape index (κ3) is 3.63. The molecule has 0 aliphatic heterocycles. The van der Waals surface area contributed by atoms with Crippen LogP contribution in [0.2, 0.25) is 18.1 Å². The van der Waals surface area contributed by atoms with E-state index in [4.69, 9.17) is 9.16 Å². The molecule has 0 radical (unpaired) electrons. The largest absolute Gasteiger partial charge is 0.497 e. The van der Waals surface area contributed by atoms with Crippen LogP contribution in [-0.2, 0) is 21.1 Å². The highest BCUT2D eigenvalue weighted by Crippen LogP contribution is 2.53. The second kappa shape index (κ2) is 7.36. The summed E-state index contributed by atoms with van der Waals surface area (Å²) >= 11 is 0. The second-order valence-corrected chi connectivity index (χ2v) is 14.9. The summed E-state index contributed by atoms with van der Waals surface area (Å²) in [5.41, 5.74) is 2.76. The number of methoxy groups -OCH3 is 1. The lowest BCUT2D eigenvalue weighted by Crippen LogP contribution is -2.53. The van der Waals surface area contributed by atoms with Gasteiger partial charge in [0.15, 0.2) is 8.32 Å². The van der Waals surface area contributed by atoms with E-state index in [0.29, 0.717) is 5.92 Å². The molecule has 3 nitrogen and oxygen atoms in total. The van der Waals surface area contributed by atoms with Crippen LogP contribution in [0.3, 0.4) is 0 Å². The highest BCUT2D eigenvalue weighted by molar-refractivity contribution is 6.74. The second-order valence-electron chi connectivity index (χ2n) is 10.1. The Hall–Kier alpha value is -1.13. The minimum atomic E-state index is -1.85. The van der Waals surface area contributed by atoms with E-state index in [1.165, 1.54) is 17.4 Å². The molecule has 3 rings (SSSR count). The summed E-state index contributed by atoms with van der Waals surface area (Å²) < 4.78 is 12.3. The van der Waals surface area contributed by atoms with E-state index in [1.807, 2.05) is 0 Å². The molecule has 0 N–H and O–H groups in total. The first-order valence-corrected chi connectivity index (χ1v) is 13.3. The van der Waals surface area contributed by atoms with Crippen LogP contribution in [0.25, 0.3) is 0 Å². The van der Waals surface area contributed by atoms with E-state index in [-0.39, 0.29) is 16.4 Å². The number of aryl methyl sites for hydroxylation is 1. The zero-order valence-electron chi connectivity index (χ0n) is 17.9. The van der Waals surface area contributed by atoms with Gasteiger partial charge in [-0.1, -0.05) is 33.3 Å². The number of aldehydes is 1. The number of carbonyl (C=O) groups excluding carboxylic acids is 1. The standard InChI is InChI=1S/C23H36O3Si/c1-22(2,3)27(5,6)26-16-23-13-7-8-18(15-24)21(23)11-9-17-14-19(25-4)10-12-20(17)23/h10,12,14-15,18,21H,7-9,11,13,16H2,1-6H3/t18-,21+,23+/m0/s1. The van der Waals surface area contributed by atoms with E-state index in [0.717, 1.165) is 44.5 Å². The molecule has 0 spiro atoms. The van der Waals surface area contributed by atoms with Crippen LogP contribution in [0.4, 0.5) is 0 Å². The Morgan fingerprint density at radius 1 is 1.26 bits per heavy atom. The van der Waals surface area contributed by atoms with Crippen LogP contribution >= 0.6 is 0 Å². The van der Waals surface area contributed by atoms with E-state index in [9.17, 15) is 4.79 Å². The lowest BCUT2D eigenvalue weighted by molar-refractivity contribution is -0.115. The zero-order chi connectivity index (χ0) is 19.9. The van der Waals surface area contributed by atoms with Crippen molar-refractivity contribution in [1.29, 1.82) is 0 Å². The van der Waals surface area contributed by atoms with Crippen LogP contribution in [-0.4, -0.2) is 28.3 Å². The molecular weight excluding hydrogens is 352 g/mol. The van der Waals surface area contributed by atoms with Crippen LogP contribution < -0.4 is 4.74 Å². The minimum absolute atomic E-state index is 0.0286. The predicted octanol–water partition coefficient (Wildman–Crippen LogP) is 5.52. The van der Waals surface area contributed by atoms with Crippen molar-refractivity contribution in [2.45, 2.75) is 76.4 Å². The highest BCUT2D eigenvalue weighted by Gasteiger charge is 2.51. The fraction of sp³-hybridized carbons (Fsp3) is 0.696. The van der Waals surface area contributed by atoms with Crippen molar-refractivity contribution in [3.63, 3.8) is 0 Å². The van der Waals surface area contributed by atoms with Crippen molar-refractivity contribution >= 4 is 14.6 Å². The van der Waals surface area contributed by atoms with Gasteiger partial charge in [0.05, 0.1) is 7.11 Å². The molecule has 27 heavy (non-hydrogen) atoms. The maximum atomic E-state index is 11.9. The first-order chi connectivity index (χ1) is 12.6. The molecule has 1 fully saturated rings. The van der Waals surface area contributed by atoms with Gasteiger partial charge in [0.25, 0.3) is 0 Å². The lowest BCUT2D eigenvalue weighted by atomic mass is 9.54. The molecule has 2 aliphatic carbocycles. The Morgan fingerprint density at radius 3 is 2.63 bits per heavy atom. The summed E-state index contributed by atoms with van der Waals surface area (Å²) in [4.78, 5) is 11.9. The van der Waals surface area contributed by atoms with E-state index >= 15 is 0 Å². The fourth-order valence-corrected chi connectivity index (χ4v) is 5.97. The smallest absolute Gasteiger partial charge is 0.192 e. The minimum Gasteiger partial charge on any atom is -0.497 e. The fourth-order valence-electron chi connectivity index (χ4n) is 4.92. The van der Waals surface area contributed by atoms with Gasteiger partial charge in [0.1, 0.15) is 12.0 Å². The Balaban J connectivity index is 2.02. The zero-order valence-corrected chi connectivity index (χ0v) is 18.9. The van der Waals surface area contributed by atoms with Crippen molar-refractivity contribution in [3.05, 3.63) is 29.3 Å². The number of hydrogen-bond acceptors (Lipinski definition) is 3. The quantitative estimate of drug-likeness (QED) is 0.492. The van der Waals surface area contributed by atoms with Crippen molar-refractivity contribution < 1.29 is 14.0 Å². The molecule has 0 saturated heterocycles. The molecular formula is C23H36O3Si. The van der Waals surface area contributed by atoms with Gasteiger partial charge in [-0.25, -0.2) is 0 Å². The number of benzene rings is 1. The van der Waals surface area contributed by atoms with Crippen molar-refractivity contribution in [3.8, 4) is 5.75 Å². The third-order valence-corrected chi connectivity index (χ3v) is 12.1. The van der Waals surface area contributed by atoms with Gasteiger partial charge in [-0.3, -0.25) is 0 Å². The monoisotopic (exact) mass is 388 g/mol. The molecule has 0 aromatic heterocycles. The van der Waals surface area contributed by atoms with E-state index in [1.54, 1.807) is 7.11 Å². The average molecular weight is 389 g/mol. The predicted molar refractivity (Wildman–Crippen MR) is 113 cm³/mol. The van der Waals surface area contributed by atoms with Gasteiger partial charge in [0.2, 0.25) is 0 Å². The van der Waals surface area contributed by atoms with Crippen molar-refractivity contribution in [2.75, 3.05) is 13.7 Å². The molecule has 0 unspecified atom stereocenters. The summed E-state index contributed by atoms with van der Waals surface area (Å²) in [5, 5.41) is 0.190. The lowest BCUT2D eigenvalue weighted by Gasteiger charge is -2.52. The summed E-state index contributed by atoms with van der Waals surface area (Å²) in [6, 6.07) is 6.53. The van der Waals surface area contributed by atoms with Gasteiger partial charge >= 0.3 is 0 Å². The Morgan fingerprint density at radius 2 is 2.00 bits per heavy atom. The summed E-state index contributed by atoms with van der Waals surface area (Å²) in [7, 11) is -0.126. The molecule has 0 amide bonds. The normalized spacial score (nSPS) is 28.2. The summed E-state index contributed by atoms with van der Waals surface area (Å²) in [6.45, 7) is 12.3. The third-order valence-electron chi connectivity index (χ3n) is 7.63. The van der Waals surface area contributed by atoms with Crippen molar-refractivity contribution in [2.24, 2.45) is 11.8 Å². The van der Waals surface area contributed by atoms with Gasteiger partial charge in [0, 0.05) is 17.9 Å². The average Bonchev–Trinajstić information content (AvgIpc) is 2.64. The number of rotatable bonds is 5. The highest BCUT2D eigenvalue weighted by atomic mass is 28.4. The van der Waals surface area contributed by atoms with E-state index in [2.05, 4.69) is 52.1 Å². The molecule has 1 saturated carbocycles. The van der Waals surface area contributed by atoms with Crippen LogP contribution in [0.5, 0.6) is 5.75 Å². The van der Waals surface area contributed by atoms with Crippen LogP contribution in [0.1, 0.15) is 57.6 Å². The van der Waals surface area contributed by atoms with Gasteiger partial charge < -0.3 is 14.0 Å². The number of carbonyl (C=O) groups is 1. The topological polar surface area (TPSA) is 35.5 Å². The van der Waals surface area contributed by atoms with Crippen LogP contribution in [0, 0.1) is 11.8 Å². The van der Waals surface area contributed by atoms with Crippen molar-refractivity contribution in [1.82, 2.24) is 0 Å². The van der Waals surface area contributed by atoms with E-state index < -0.39 is 8.32 Å². The Labute approximate surface area is 166 Å². The molecule has 1 aromatic carbocycles. The molecule has 3 atom stereocenters. The summed E-state index contributed by atoms with van der Waals surface area (Å²) in [6.07, 6.45) is 6.58. The SMILES string of the molecule is COc1ccc2c(c1)CC[C@@H]1[C@H](C=O)CCC[C@@]21CO[Si](C)(C)C(C)(C)C. The molecule has 0 heterocycles. The number of hydrogen-bond donors (Lipinski definition) is 0. The van der Waals surface area contributed by atoms with Gasteiger partial charge in [-0.05, 0) is 73.0 Å². The Kier molecular flexibility index (Phi) is 5.62. The van der Waals surface area contributed by atoms with Gasteiger partial charge in [-0.15, -0.1) is 0 Å². The first-order valence-electron chi connectivity index (χ1n) is 10.4. The summed E-state index contributed by atoms with van der Waals surface area (Å²) in [5.74, 6) is 1.49. The molecule has 4 heteroatoms. The number of ether oxygens (including phenoxy) is 1. The first kappa shape index (κ1) is 20.6.